The summed E-state index contributed by atoms with van der Waals surface area (Å²) in [5, 5.41) is 11.5. The maximum absolute atomic E-state index is 14.5. The number of nitro groups is 1. The Kier molecular flexibility index (Phi) is 8.69. The van der Waals surface area contributed by atoms with Gasteiger partial charge in [0.2, 0.25) is 0 Å². The molecule has 4 aromatic carbocycles. The van der Waals surface area contributed by atoms with E-state index >= 15 is 0 Å². The van der Waals surface area contributed by atoms with Crippen molar-refractivity contribution < 1.29 is 14.5 Å². The molecule has 0 aliphatic carbocycles. The lowest BCUT2D eigenvalue weighted by Gasteiger charge is -2.24. The van der Waals surface area contributed by atoms with Crippen LogP contribution in [0.4, 0.5) is 5.69 Å². The lowest BCUT2D eigenvalue weighted by atomic mass is 9.95. The summed E-state index contributed by atoms with van der Waals surface area (Å²) in [5.74, 6) is -0.507. The predicted octanol–water partition coefficient (Wildman–Crippen LogP) is 7.14. The molecular formula is C40H32N4O5S. The zero-order valence-electron chi connectivity index (χ0n) is 27.6. The van der Waals surface area contributed by atoms with Gasteiger partial charge in [-0.15, -0.1) is 0 Å². The van der Waals surface area contributed by atoms with Crippen molar-refractivity contribution in [2.45, 2.75) is 26.8 Å². The van der Waals surface area contributed by atoms with E-state index in [1.165, 1.54) is 23.5 Å². The van der Waals surface area contributed by atoms with E-state index in [0.717, 1.165) is 44.9 Å². The van der Waals surface area contributed by atoms with E-state index in [9.17, 15) is 19.7 Å². The molecule has 6 aromatic rings. The highest BCUT2D eigenvalue weighted by Gasteiger charge is 2.33. The fourth-order valence-corrected chi connectivity index (χ4v) is 7.38. The van der Waals surface area contributed by atoms with Crippen LogP contribution in [-0.2, 0) is 9.53 Å². The van der Waals surface area contributed by atoms with Crippen LogP contribution < -0.4 is 14.9 Å². The summed E-state index contributed by atoms with van der Waals surface area (Å²) >= 11 is 1.26. The van der Waals surface area contributed by atoms with Crippen LogP contribution in [0, 0.1) is 17.0 Å². The molecule has 1 aliphatic rings. The van der Waals surface area contributed by atoms with Gasteiger partial charge in [0, 0.05) is 23.4 Å². The van der Waals surface area contributed by atoms with Gasteiger partial charge in [0.1, 0.15) is 0 Å². The van der Waals surface area contributed by atoms with E-state index in [-0.39, 0.29) is 17.9 Å². The molecule has 248 valence electrons. The molecule has 0 saturated heterocycles. The van der Waals surface area contributed by atoms with Crippen molar-refractivity contribution in [1.82, 2.24) is 9.13 Å². The average molecular weight is 681 g/mol. The number of fused-ring (bicyclic) bond motifs is 1. The minimum Gasteiger partial charge on any atom is -0.463 e. The zero-order chi connectivity index (χ0) is 34.9. The second-order valence-corrected chi connectivity index (χ2v) is 12.9. The third-order valence-corrected chi connectivity index (χ3v) is 9.65. The number of non-ortho nitro benzene ring substituents is 1. The van der Waals surface area contributed by atoms with Gasteiger partial charge in [0.15, 0.2) is 4.80 Å². The number of nitro benzene ring substituents is 1. The number of aromatic nitrogens is 2. The van der Waals surface area contributed by atoms with Gasteiger partial charge in [0.05, 0.1) is 44.8 Å². The number of allylic oxidation sites excluding steroid dienone is 1. The van der Waals surface area contributed by atoms with E-state index in [1.54, 1.807) is 30.5 Å². The Morgan fingerprint density at radius 1 is 0.920 bits per heavy atom. The quantitative estimate of drug-likeness (QED) is 0.0965. The van der Waals surface area contributed by atoms with Gasteiger partial charge < -0.3 is 9.30 Å². The molecule has 0 fully saturated rings. The smallest absolute Gasteiger partial charge is 0.338 e. The number of hydrogen-bond donors (Lipinski definition) is 0. The van der Waals surface area contributed by atoms with Gasteiger partial charge >= 0.3 is 5.97 Å². The molecule has 10 heteroatoms. The SMILES string of the molecule is CCOC(=O)C1=C(C)N=c2s/c(=C\c3cc(-c4ccccc4)n(-c4ccc([N+](=O)[O-])cc4)c3-c3ccccc3)c(=O)n2[C@@H]1c1ccc(C)cc1. The maximum atomic E-state index is 14.5. The number of aryl methyl sites for hydroxylation is 1. The Balaban J connectivity index is 1.50. The predicted molar refractivity (Wildman–Crippen MR) is 195 cm³/mol. The number of hydrogen-bond acceptors (Lipinski definition) is 7. The fourth-order valence-electron chi connectivity index (χ4n) is 6.34. The Morgan fingerprint density at radius 2 is 1.56 bits per heavy atom. The third-order valence-electron chi connectivity index (χ3n) is 8.66. The topological polar surface area (TPSA) is 109 Å². The molecule has 0 bridgehead atoms. The van der Waals surface area contributed by atoms with E-state index in [0.29, 0.717) is 20.6 Å². The lowest BCUT2D eigenvalue weighted by Crippen LogP contribution is -2.39. The summed E-state index contributed by atoms with van der Waals surface area (Å²) < 4.78 is 9.55. The van der Waals surface area contributed by atoms with Crippen LogP contribution in [0.3, 0.4) is 0 Å². The van der Waals surface area contributed by atoms with Crippen molar-refractivity contribution in [3.05, 3.63) is 173 Å². The number of ether oxygens (including phenoxy) is 1. The van der Waals surface area contributed by atoms with Crippen LogP contribution in [0.5, 0.6) is 0 Å². The molecule has 9 nitrogen and oxygen atoms in total. The molecule has 2 aromatic heterocycles. The van der Waals surface area contributed by atoms with Crippen LogP contribution in [0.2, 0.25) is 0 Å². The van der Waals surface area contributed by atoms with Crippen LogP contribution >= 0.6 is 11.3 Å². The van der Waals surface area contributed by atoms with Gasteiger partial charge in [-0.25, -0.2) is 9.79 Å². The Hall–Kier alpha value is -6.13. The average Bonchev–Trinajstić information content (AvgIpc) is 3.65. The van der Waals surface area contributed by atoms with Gasteiger partial charge in [0.25, 0.3) is 11.2 Å². The highest BCUT2D eigenvalue weighted by atomic mass is 32.1. The Morgan fingerprint density at radius 3 is 2.18 bits per heavy atom. The van der Waals surface area contributed by atoms with Crippen molar-refractivity contribution in [1.29, 1.82) is 0 Å². The van der Waals surface area contributed by atoms with E-state index in [4.69, 9.17) is 9.73 Å². The molecule has 7 rings (SSSR count). The summed E-state index contributed by atoms with van der Waals surface area (Å²) in [6, 6.07) is 35.2. The van der Waals surface area contributed by atoms with Gasteiger partial charge in [-0.05, 0) is 61.7 Å². The van der Waals surface area contributed by atoms with Gasteiger partial charge in [-0.3, -0.25) is 19.5 Å². The number of esters is 1. The number of rotatable bonds is 8. The summed E-state index contributed by atoms with van der Waals surface area (Å²) in [6.07, 6.45) is 1.87. The molecule has 1 atom stereocenters. The van der Waals surface area contributed by atoms with E-state index in [2.05, 4.69) is 4.57 Å². The van der Waals surface area contributed by atoms with Crippen molar-refractivity contribution in [2.24, 2.45) is 4.99 Å². The molecule has 3 heterocycles. The van der Waals surface area contributed by atoms with Crippen molar-refractivity contribution in [3.8, 4) is 28.2 Å². The second-order valence-electron chi connectivity index (χ2n) is 11.9. The fraction of sp³-hybridized carbons (Fsp3) is 0.125. The molecule has 0 unspecified atom stereocenters. The monoisotopic (exact) mass is 680 g/mol. The molecule has 50 heavy (non-hydrogen) atoms. The van der Waals surface area contributed by atoms with E-state index < -0.39 is 16.9 Å². The first-order valence-corrected chi connectivity index (χ1v) is 16.9. The molecule has 0 saturated carbocycles. The molecule has 0 N–H and O–H groups in total. The van der Waals surface area contributed by atoms with Crippen molar-refractivity contribution in [2.75, 3.05) is 6.61 Å². The molecule has 0 amide bonds. The first-order valence-electron chi connectivity index (χ1n) is 16.1. The van der Waals surface area contributed by atoms with Crippen molar-refractivity contribution >= 4 is 29.1 Å². The number of carbonyl (C=O) groups is 1. The van der Waals surface area contributed by atoms with Crippen LogP contribution in [0.25, 0.3) is 34.3 Å². The minimum absolute atomic E-state index is 0.00891. The number of nitrogens with zero attached hydrogens (tertiary/aromatic N) is 4. The van der Waals surface area contributed by atoms with Crippen LogP contribution in [0.15, 0.2) is 136 Å². The molecule has 1 aliphatic heterocycles. The Labute approximate surface area is 291 Å². The van der Waals surface area contributed by atoms with E-state index in [1.807, 2.05) is 104 Å². The third kappa shape index (κ3) is 5.90. The first kappa shape index (κ1) is 32.4. The van der Waals surface area contributed by atoms with Crippen LogP contribution in [-0.4, -0.2) is 26.6 Å². The number of thiazole rings is 1. The highest BCUT2D eigenvalue weighted by Crippen LogP contribution is 2.37. The summed E-state index contributed by atoms with van der Waals surface area (Å²) in [4.78, 5) is 44.2. The van der Waals surface area contributed by atoms with Crippen LogP contribution in [0.1, 0.15) is 36.6 Å². The normalized spacial score (nSPS) is 14.3. The molecule has 0 radical (unpaired) electrons. The standard InChI is InChI=1S/C40H32N4O5S/c1-4-49-39(46)35-26(3)41-40-43(37(35)29-17-15-25(2)16-18-29)38(45)34(50-40)24-30-23-33(27-11-7-5-8-12-27)42(36(30)28-13-9-6-10-14-28)31-19-21-32(22-20-31)44(47)48/h5-24,37H,4H2,1-3H3/b34-24-/t37-/m1/s1. The minimum atomic E-state index is -0.716. The molecular weight excluding hydrogens is 649 g/mol. The second kappa shape index (κ2) is 13.4. The number of carbonyl (C=O) groups excluding carboxylic acids is 1. The summed E-state index contributed by atoms with van der Waals surface area (Å²) in [5.41, 5.74) is 7.35. The largest absolute Gasteiger partial charge is 0.463 e. The summed E-state index contributed by atoms with van der Waals surface area (Å²) in [6.45, 7) is 5.70. The lowest BCUT2D eigenvalue weighted by molar-refractivity contribution is -0.384. The van der Waals surface area contributed by atoms with Crippen molar-refractivity contribution in [3.63, 3.8) is 0 Å². The maximum Gasteiger partial charge on any atom is 0.338 e. The number of benzene rings is 4. The van der Waals surface area contributed by atoms with Gasteiger partial charge in [-0.2, -0.15) is 0 Å². The summed E-state index contributed by atoms with van der Waals surface area (Å²) in [7, 11) is 0. The Bertz CT molecular complexity index is 2460. The zero-order valence-corrected chi connectivity index (χ0v) is 28.4. The van der Waals surface area contributed by atoms with Gasteiger partial charge in [-0.1, -0.05) is 102 Å². The molecule has 0 spiro atoms. The highest BCUT2D eigenvalue weighted by molar-refractivity contribution is 7.07. The first-order chi connectivity index (χ1) is 24.2.